The minimum Gasteiger partial charge on any atom is -0.444 e. The maximum Gasteiger partial charge on any atom is 0.412 e. The molecule has 1 fully saturated rings. The molecule has 2 aliphatic heterocycles. The predicted molar refractivity (Wildman–Crippen MR) is 115 cm³/mol. The van der Waals surface area contributed by atoms with Crippen molar-refractivity contribution in [2.45, 2.75) is 76.3 Å². The summed E-state index contributed by atoms with van der Waals surface area (Å²) >= 11 is 0. The molecule has 0 unspecified atom stereocenters. The molecule has 0 bridgehead atoms. The zero-order valence-corrected chi connectivity index (χ0v) is 19.4. The van der Waals surface area contributed by atoms with Crippen LogP contribution in [0.2, 0.25) is 0 Å². The maximum absolute atomic E-state index is 13.4. The summed E-state index contributed by atoms with van der Waals surface area (Å²) in [7, 11) is -3.74. The van der Waals surface area contributed by atoms with Gasteiger partial charge >= 0.3 is 6.09 Å². The van der Waals surface area contributed by atoms with Crippen molar-refractivity contribution in [2.75, 3.05) is 13.2 Å². The molecule has 3 rings (SSSR count). The molecule has 0 N–H and O–H groups in total. The maximum atomic E-state index is 13.4. The molecule has 0 aromatic heterocycles. The number of sulfonamides is 1. The predicted octanol–water partition coefficient (Wildman–Crippen LogP) is 3.69. The van der Waals surface area contributed by atoms with Crippen LogP contribution in [0.4, 0.5) is 4.79 Å². The van der Waals surface area contributed by atoms with E-state index in [1.165, 1.54) is 4.31 Å². The number of aryl methyl sites for hydroxylation is 1. The van der Waals surface area contributed by atoms with Crippen molar-refractivity contribution in [2.24, 2.45) is 0 Å². The Morgan fingerprint density at radius 1 is 1.13 bits per heavy atom. The minimum absolute atomic E-state index is 0.241. The van der Waals surface area contributed by atoms with Crippen LogP contribution in [0.3, 0.4) is 0 Å². The first kappa shape index (κ1) is 22.8. The van der Waals surface area contributed by atoms with E-state index >= 15 is 0 Å². The van der Waals surface area contributed by atoms with Crippen molar-refractivity contribution in [3.05, 3.63) is 42.0 Å². The summed E-state index contributed by atoms with van der Waals surface area (Å²) in [5.74, 6) is 0. The number of ether oxygens (including phenoxy) is 2. The summed E-state index contributed by atoms with van der Waals surface area (Å²) in [5, 5.41) is 0. The molecule has 0 radical (unpaired) electrons. The van der Waals surface area contributed by atoms with Crippen molar-refractivity contribution in [1.29, 1.82) is 0 Å². The summed E-state index contributed by atoms with van der Waals surface area (Å²) < 4.78 is 39.9. The van der Waals surface area contributed by atoms with E-state index in [1.807, 2.05) is 19.1 Å². The van der Waals surface area contributed by atoms with Gasteiger partial charge in [0.25, 0.3) is 0 Å². The highest BCUT2D eigenvalue weighted by Crippen LogP contribution is 2.36. The van der Waals surface area contributed by atoms with Gasteiger partial charge in [0.15, 0.2) is 0 Å². The molecule has 166 valence electrons. The monoisotopic (exact) mass is 436 g/mol. The zero-order chi connectivity index (χ0) is 22.3. The highest BCUT2D eigenvalue weighted by molar-refractivity contribution is 7.89. The lowest BCUT2D eigenvalue weighted by atomic mass is 10.0. The van der Waals surface area contributed by atoms with Crippen LogP contribution in [0.25, 0.3) is 0 Å². The molecule has 8 heteroatoms. The third kappa shape index (κ3) is 4.55. The van der Waals surface area contributed by atoms with E-state index in [0.29, 0.717) is 6.42 Å². The molecule has 0 aliphatic carbocycles. The first-order valence-corrected chi connectivity index (χ1v) is 11.7. The molecule has 2 heterocycles. The van der Waals surface area contributed by atoms with E-state index in [1.54, 1.807) is 63.8 Å². The molecule has 2 atom stereocenters. The Balaban J connectivity index is 1.96. The van der Waals surface area contributed by atoms with E-state index in [-0.39, 0.29) is 18.0 Å². The number of hydrogen-bond donors (Lipinski definition) is 0. The van der Waals surface area contributed by atoms with Gasteiger partial charge < -0.3 is 9.47 Å². The fourth-order valence-electron chi connectivity index (χ4n) is 3.92. The Hall–Kier alpha value is -1.90. The van der Waals surface area contributed by atoms with E-state index in [9.17, 15) is 13.2 Å². The van der Waals surface area contributed by atoms with Crippen LogP contribution in [0, 0.1) is 6.92 Å². The molecule has 1 saturated heterocycles. The molecule has 7 nitrogen and oxygen atoms in total. The van der Waals surface area contributed by atoms with Crippen molar-refractivity contribution in [3.63, 3.8) is 0 Å². The topological polar surface area (TPSA) is 76.2 Å². The number of nitrogens with zero attached hydrogens (tertiary/aromatic N) is 2. The third-order valence-electron chi connectivity index (χ3n) is 5.38. The van der Waals surface area contributed by atoms with Gasteiger partial charge in [-0.25, -0.2) is 13.2 Å². The van der Waals surface area contributed by atoms with Crippen LogP contribution in [-0.4, -0.2) is 60.3 Å². The molecule has 2 aliphatic rings. The highest BCUT2D eigenvalue weighted by atomic mass is 32.2. The van der Waals surface area contributed by atoms with Crippen LogP contribution >= 0.6 is 0 Å². The Morgan fingerprint density at radius 3 is 2.37 bits per heavy atom. The van der Waals surface area contributed by atoms with E-state index in [4.69, 9.17) is 9.47 Å². The molecular formula is C22H32N2O5S. The average Bonchev–Trinajstić information content (AvgIpc) is 2.96. The molecule has 30 heavy (non-hydrogen) atoms. The molecule has 0 spiro atoms. The Morgan fingerprint density at radius 2 is 1.77 bits per heavy atom. The number of carbonyl (C=O) groups is 1. The van der Waals surface area contributed by atoms with Crippen LogP contribution in [0.1, 0.15) is 46.6 Å². The van der Waals surface area contributed by atoms with Crippen molar-refractivity contribution >= 4 is 16.1 Å². The minimum atomic E-state index is -3.74. The van der Waals surface area contributed by atoms with Gasteiger partial charge in [0.05, 0.1) is 23.6 Å². The molecule has 1 aromatic rings. The van der Waals surface area contributed by atoms with E-state index in [0.717, 1.165) is 5.56 Å². The van der Waals surface area contributed by atoms with Crippen molar-refractivity contribution in [3.8, 4) is 0 Å². The largest absolute Gasteiger partial charge is 0.444 e. The van der Waals surface area contributed by atoms with Gasteiger partial charge in [-0.2, -0.15) is 4.31 Å². The SMILES string of the molecule is Cc1ccc(S(=O)(=O)N2CC=CC[C@@H]2[C@@H]2COC(C)(C)N2C(=O)OC(C)(C)C)cc1. The molecule has 1 aromatic carbocycles. The van der Waals surface area contributed by atoms with E-state index in [2.05, 4.69) is 0 Å². The van der Waals surface area contributed by atoms with Crippen molar-refractivity contribution in [1.82, 2.24) is 9.21 Å². The summed E-state index contributed by atoms with van der Waals surface area (Å²) in [6, 6.07) is 5.92. The molecule has 1 amide bonds. The van der Waals surface area contributed by atoms with Gasteiger partial charge in [0, 0.05) is 6.54 Å². The first-order chi connectivity index (χ1) is 13.8. The van der Waals surface area contributed by atoms with E-state index < -0.39 is 39.5 Å². The number of hydrogen-bond acceptors (Lipinski definition) is 5. The Labute approximate surface area is 179 Å². The van der Waals surface area contributed by atoms with Gasteiger partial charge in [-0.1, -0.05) is 29.8 Å². The van der Waals surface area contributed by atoms with Crippen LogP contribution < -0.4 is 0 Å². The van der Waals surface area contributed by atoms with Gasteiger partial charge in [0.2, 0.25) is 10.0 Å². The summed E-state index contributed by atoms with van der Waals surface area (Å²) in [4.78, 5) is 14.8. The summed E-state index contributed by atoms with van der Waals surface area (Å²) in [6.07, 6.45) is 3.80. The second-order valence-corrected chi connectivity index (χ2v) is 11.2. The van der Waals surface area contributed by atoms with Gasteiger partial charge in [-0.3, -0.25) is 4.90 Å². The Kier molecular flexibility index (Phi) is 6.06. The second-order valence-electron chi connectivity index (χ2n) is 9.34. The van der Waals surface area contributed by atoms with Crippen LogP contribution in [-0.2, 0) is 19.5 Å². The lowest BCUT2D eigenvalue weighted by Crippen LogP contribution is -2.58. The number of benzene rings is 1. The first-order valence-electron chi connectivity index (χ1n) is 10.2. The third-order valence-corrected chi connectivity index (χ3v) is 7.29. The number of rotatable bonds is 3. The fraction of sp³-hybridized carbons (Fsp3) is 0.591. The summed E-state index contributed by atoms with van der Waals surface area (Å²) in [5.41, 5.74) is -0.570. The highest BCUT2D eigenvalue weighted by Gasteiger charge is 2.51. The smallest absolute Gasteiger partial charge is 0.412 e. The Bertz CT molecular complexity index is 916. The van der Waals surface area contributed by atoms with Crippen molar-refractivity contribution < 1.29 is 22.7 Å². The quantitative estimate of drug-likeness (QED) is 0.676. The van der Waals surface area contributed by atoms with Crippen LogP contribution in [0.5, 0.6) is 0 Å². The fourth-order valence-corrected chi connectivity index (χ4v) is 5.54. The zero-order valence-electron chi connectivity index (χ0n) is 18.6. The number of amides is 1. The van der Waals surface area contributed by atoms with Gasteiger partial charge in [0.1, 0.15) is 11.3 Å². The lowest BCUT2D eigenvalue weighted by molar-refractivity contribution is -0.0645. The molecule has 0 saturated carbocycles. The van der Waals surface area contributed by atoms with Gasteiger partial charge in [-0.05, 0) is 60.1 Å². The van der Waals surface area contributed by atoms with Gasteiger partial charge in [-0.15, -0.1) is 0 Å². The average molecular weight is 437 g/mol. The standard InChI is InChI=1S/C22H32N2O5S/c1-16-10-12-17(13-11-16)30(26,27)23-14-8-7-9-18(23)19-15-28-22(5,6)24(19)20(25)29-21(2,3)4/h7-8,10-13,18-19H,9,14-15H2,1-6H3/t18-,19+/m1/s1. The molecular weight excluding hydrogens is 404 g/mol. The normalized spacial score (nSPS) is 24.8. The second kappa shape index (κ2) is 7.98. The van der Waals surface area contributed by atoms with Crippen LogP contribution in [0.15, 0.2) is 41.3 Å². The number of carbonyl (C=O) groups excluding carboxylic acids is 1. The lowest BCUT2D eigenvalue weighted by Gasteiger charge is -2.41. The summed E-state index contributed by atoms with van der Waals surface area (Å²) in [6.45, 7) is 11.4.